The quantitative estimate of drug-likeness (QED) is 0.618. The molecular weight excluding hydrogens is 382 g/mol. The van der Waals surface area contributed by atoms with Crippen LogP contribution in [-0.4, -0.2) is 36.8 Å². The van der Waals surface area contributed by atoms with Gasteiger partial charge < -0.3 is 14.7 Å². The number of anilines is 1. The van der Waals surface area contributed by atoms with Crippen LogP contribution in [0, 0.1) is 5.82 Å². The van der Waals surface area contributed by atoms with Gasteiger partial charge in [0.2, 0.25) is 0 Å². The summed E-state index contributed by atoms with van der Waals surface area (Å²) in [7, 11) is 0.730. The molecule has 9 heteroatoms. The molecule has 1 amide bonds. The van der Waals surface area contributed by atoms with E-state index >= 15 is 0 Å². The molecule has 0 heterocycles. The van der Waals surface area contributed by atoms with Crippen molar-refractivity contribution < 1.29 is 37.0 Å². The lowest BCUT2D eigenvalue weighted by Gasteiger charge is -2.28. The number of ether oxygens (including phenoxy) is 1. The summed E-state index contributed by atoms with van der Waals surface area (Å²) in [6.45, 7) is 1.83. The van der Waals surface area contributed by atoms with E-state index in [9.17, 15) is 32.3 Å². The zero-order valence-electron chi connectivity index (χ0n) is 15.0. The van der Waals surface area contributed by atoms with Crippen molar-refractivity contribution in [3.05, 3.63) is 65.5 Å². The average molecular weight is 399 g/mol. The molecule has 2 rings (SSSR count). The summed E-state index contributed by atoms with van der Waals surface area (Å²) in [6.07, 6.45) is -5.31. The third-order valence-electron chi connectivity index (χ3n) is 4.14. The fourth-order valence-electron chi connectivity index (χ4n) is 2.62. The first-order valence-corrected chi connectivity index (χ1v) is 8.11. The number of carbonyl (C=O) groups is 2. The van der Waals surface area contributed by atoms with Crippen molar-refractivity contribution in [3.8, 4) is 0 Å². The molecule has 1 atom stereocenters. The van der Waals surface area contributed by atoms with Crippen LogP contribution in [0.15, 0.2) is 48.5 Å². The van der Waals surface area contributed by atoms with Crippen LogP contribution in [0.3, 0.4) is 0 Å². The number of hydrogen-bond acceptors (Lipinski definition) is 4. The molecule has 0 unspecified atom stereocenters. The molecule has 0 fully saturated rings. The lowest BCUT2D eigenvalue weighted by Crippen LogP contribution is -2.49. The molecule has 0 aromatic heterocycles. The van der Waals surface area contributed by atoms with E-state index in [2.05, 4.69) is 4.74 Å². The molecule has 0 aliphatic heterocycles. The molecule has 0 bridgehead atoms. The normalized spacial score (nSPS) is 13.5. The van der Waals surface area contributed by atoms with Crippen molar-refractivity contribution in [1.82, 2.24) is 0 Å². The Morgan fingerprint density at radius 2 is 1.57 bits per heavy atom. The van der Waals surface area contributed by atoms with Crippen LogP contribution in [0.25, 0.3) is 0 Å². The summed E-state index contributed by atoms with van der Waals surface area (Å²) in [5.41, 5.74) is -4.16. The van der Waals surface area contributed by atoms with Crippen LogP contribution in [0.2, 0.25) is 0 Å². The van der Waals surface area contributed by atoms with E-state index in [4.69, 9.17) is 0 Å². The Labute approximate surface area is 158 Å². The molecule has 0 saturated heterocycles. The predicted molar refractivity (Wildman–Crippen MR) is 92.2 cm³/mol. The van der Waals surface area contributed by atoms with Gasteiger partial charge in [0.1, 0.15) is 5.82 Å². The highest BCUT2D eigenvalue weighted by atomic mass is 19.4. The maximum Gasteiger partial charge on any atom is 0.432 e. The summed E-state index contributed by atoms with van der Waals surface area (Å²) in [6, 6.07) is 8.91. The largest absolute Gasteiger partial charge is 0.466 e. The molecule has 1 N–H and O–H groups in total. The molecule has 0 radical (unpaired) electrons. The number of methoxy groups -OCH3 is 1. The Bertz CT molecular complexity index is 850. The summed E-state index contributed by atoms with van der Waals surface area (Å²) in [4.78, 5) is 25.4. The molecule has 150 valence electrons. The van der Waals surface area contributed by atoms with E-state index < -0.39 is 35.0 Å². The number of rotatable bonds is 5. The van der Waals surface area contributed by atoms with Gasteiger partial charge in [0.15, 0.2) is 0 Å². The summed E-state index contributed by atoms with van der Waals surface area (Å²) in [5, 5.41) is 9.97. The summed E-state index contributed by atoms with van der Waals surface area (Å²) in [5.74, 6) is -2.88. The van der Waals surface area contributed by atoms with E-state index in [1.807, 2.05) is 0 Å². The van der Waals surface area contributed by atoms with Crippen LogP contribution in [-0.2, 0) is 15.1 Å². The topological polar surface area (TPSA) is 66.8 Å². The number of halogens is 4. The van der Waals surface area contributed by atoms with Gasteiger partial charge >= 0.3 is 12.1 Å². The van der Waals surface area contributed by atoms with Crippen LogP contribution in [0.5, 0.6) is 0 Å². The number of benzene rings is 2. The van der Waals surface area contributed by atoms with Crippen LogP contribution in [0.4, 0.5) is 23.2 Å². The molecule has 0 aliphatic carbocycles. The monoisotopic (exact) mass is 399 g/mol. The predicted octanol–water partition coefficient (Wildman–Crippen LogP) is 3.42. The lowest BCUT2D eigenvalue weighted by molar-refractivity contribution is -0.266. The van der Waals surface area contributed by atoms with Gasteiger partial charge in [-0.25, -0.2) is 9.18 Å². The second-order valence-corrected chi connectivity index (χ2v) is 5.80. The SMILES string of the molecule is CCN(C(=O)c1ccc(F)cc1)c1ccc([C@@](O)(C(=O)OC)C(F)(F)F)cc1. The summed E-state index contributed by atoms with van der Waals surface area (Å²) < 4.78 is 57.0. The van der Waals surface area contributed by atoms with Gasteiger partial charge in [-0.2, -0.15) is 13.2 Å². The Morgan fingerprint density at radius 1 is 1.04 bits per heavy atom. The molecular formula is C19H17F4NO4. The Balaban J connectivity index is 2.39. The van der Waals surface area contributed by atoms with Gasteiger partial charge in [0, 0.05) is 23.4 Å². The average Bonchev–Trinajstić information content (AvgIpc) is 2.67. The van der Waals surface area contributed by atoms with Crippen molar-refractivity contribution >= 4 is 17.6 Å². The first-order chi connectivity index (χ1) is 13.1. The maximum atomic E-state index is 13.3. The Morgan fingerprint density at radius 3 is 2.00 bits per heavy atom. The van der Waals surface area contributed by atoms with Gasteiger partial charge in [0.05, 0.1) is 7.11 Å². The maximum absolute atomic E-state index is 13.3. The number of aliphatic hydroxyl groups is 1. The van der Waals surface area contributed by atoms with Crippen LogP contribution in [0.1, 0.15) is 22.8 Å². The van der Waals surface area contributed by atoms with Crippen LogP contribution >= 0.6 is 0 Å². The number of alkyl halides is 3. The van der Waals surface area contributed by atoms with Crippen molar-refractivity contribution in [1.29, 1.82) is 0 Å². The molecule has 0 saturated carbocycles. The van der Waals surface area contributed by atoms with E-state index in [1.54, 1.807) is 6.92 Å². The minimum Gasteiger partial charge on any atom is -0.466 e. The van der Waals surface area contributed by atoms with E-state index in [1.165, 1.54) is 29.2 Å². The third-order valence-corrected chi connectivity index (χ3v) is 4.14. The fraction of sp³-hybridized carbons (Fsp3) is 0.263. The highest BCUT2D eigenvalue weighted by Gasteiger charge is 2.62. The zero-order chi connectivity index (χ0) is 21.1. The molecule has 0 spiro atoms. The Kier molecular flexibility index (Phi) is 6.08. The smallest absolute Gasteiger partial charge is 0.432 e. The third kappa shape index (κ3) is 3.84. The van der Waals surface area contributed by atoms with Gasteiger partial charge in [-0.1, -0.05) is 12.1 Å². The Hall–Kier alpha value is -2.94. The second-order valence-electron chi connectivity index (χ2n) is 5.80. The number of carbonyl (C=O) groups excluding carboxylic acids is 2. The van der Waals surface area contributed by atoms with Crippen molar-refractivity contribution in [3.63, 3.8) is 0 Å². The van der Waals surface area contributed by atoms with Gasteiger partial charge in [-0.05, 0) is 43.3 Å². The molecule has 28 heavy (non-hydrogen) atoms. The van der Waals surface area contributed by atoms with E-state index in [-0.39, 0.29) is 17.8 Å². The number of hydrogen-bond donors (Lipinski definition) is 1. The molecule has 0 aliphatic rings. The van der Waals surface area contributed by atoms with Crippen LogP contribution < -0.4 is 4.90 Å². The second kappa shape index (κ2) is 7.97. The number of amides is 1. The highest BCUT2D eigenvalue weighted by molar-refractivity contribution is 6.06. The molecule has 2 aromatic rings. The van der Waals surface area contributed by atoms with E-state index in [0.29, 0.717) is 0 Å². The minimum absolute atomic E-state index is 0.177. The number of nitrogens with zero attached hydrogens (tertiary/aromatic N) is 1. The summed E-state index contributed by atoms with van der Waals surface area (Å²) >= 11 is 0. The molecule has 2 aromatic carbocycles. The lowest BCUT2D eigenvalue weighted by atomic mass is 9.93. The van der Waals surface area contributed by atoms with Crippen molar-refractivity contribution in [2.45, 2.75) is 18.7 Å². The highest BCUT2D eigenvalue weighted by Crippen LogP contribution is 2.40. The van der Waals surface area contributed by atoms with Crippen molar-refractivity contribution in [2.75, 3.05) is 18.6 Å². The van der Waals surface area contributed by atoms with E-state index in [0.717, 1.165) is 31.4 Å². The first-order valence-electron chi connectivity index (χ1n) is 8.11. The molecule has 5 nitrogen and oxygen atoms in total. The van der Waals surface area contributed by atoms with Gasteiger partial charge in [-0.15, -0.1) is 0 Å². The number of esters is 1. The standard InChI is InChI=1S/C19H17F4NO4/c1-3-24(16(25)12-4-8-14(20)9-5-12)15-10-6-13(7-11-15)18(27,17(26)28-2)19(21,22)23/h4-11,27H,3H2,1-2H3/t18-/m1/s1. The van der Waals surface area contributed by atoms with Gasteiger partial charge in [0.25, 0.3) is 11.5 Å². The zero-order valence-corrected chi connectivity index (χ0v) is 15.0. The fourth-order valence-corrected chi connectivity index (χ4v) is 2.62. The van der Waals surface area contributed by atoms with Gasteiger partial charge in [-0.3, -0.25) is 4.79 Å². The minimum atomic E-state index is -5.31. The van der Waals surface area contributed by atoms with Crippen molar-refractivity contribution in [2.24, 2.45) is 0 Å². The first kappa shape index (κ1) is 21.4.